The van der Waals surface area contributed by atoms with Crippen molar-refractivity contribution in [1.29, 1.82) is 0 Å². The third-order valence-electron chi connectivity index (χ3n) is 4.52. The number of carbonyl (C=O) groups is 1. The molecule has 0 aliphatic rings. The highest BCUT2D eigenvalue weighted by atomic mass is 16.2. The molecule has 0 heterocycles. The molecule has 0 unspecified atom stereocenters. The maximum Gasteiger partial charge on any atom is 0.222 e. The fourth-order valence-corrected chi connectivity index (χ4v) is 2.85. The summed E-state index contributed by atoms with van der Waals surface area (Å²) in [6, 6.07) is 0. The molecule has 2 heteroatoms. The van der Waals surface area contributed by atoms with Crippen molar-refractivity contribution in [1.82, 2.24) is 4.90 Å². The van der Waals surface area contributed by atoms with Crippen molar-refractivity contribution >= 4 is 5.91 Å². The lowest BCUT2D eigenvalue weighted by molar-refractivity contribution is -0.130. The molecule has 1 amide bonds. The summed E-state index contributed by atoms with van der Waals surface area (Å²) in [6.07, 6.45) is 18.9. The second-order valence-electron chi connectivity index (χ2n) is 6.81. The smallest absolute Gasteiger partial charge is 0.222 e. The van der Waals surface area contributed by atoms with Crippen molar-refractivity contribution in [2.45, 2.75) is 110 Å². The van der Waals surface area contributed by atoms with Crippen LogP contribution in [0.3, 0.4) is 0 Å². The lowest BCUT2D eigenvalue weighted by Gasteiger charge is -2.17. The molecule has 22 heavy (non-hydrogen) atoms. The van der Waals surface area contributed by atoms with E-state index in [1.165, 1.54) is 83.5 Å². The van der Waals surface area contributed by atoms with Crippen LogP contribution in [0.25, 0.3) is 0 Å². The zero-order valence-electron chi connectivity index (χ0n) is 15.7. The first-order valence-corrected chi connectivity index (χ1v) is 9.96. The van der Waals surface area contributed by atoms with E-state index in [1.807, 2.05) is 11.9 Å². The molecule has 0 radical (unpaired) electrons. The van der Waals surface area contributed by atoms with Gasteiger partial charge in [-0.1, -0.05) is 90.9 Å². The molecule has 2 nitrogen and oxygen atoms in total. The summed E-state index contributed by atoms with van der Waals surface area (Å²) in [7, 11) is 1.97. The third kappa shape index (κ3) is 14.4. The lowest BCUT2D eigenvalue weighted by Crippen LogP contribution is -2.27. The molecular weight excluding hydrogens is 270 g/mol. The first kappa shape index (κ1) is 21.5. The molecule has 0 saturated carbocycles. The molecule has 0 spiro atoms. The van der Waals surface area contributed by atoms with Gasteiger partial charge in [0.15, 0.2) is 0 Å². The summed E-state index contributed by atoms with van der Waals surface area (Å²) in [4.78, 5) is 14.0. The Kier molecular flexibility index (Phi) is 16.4. The topological polar surface area (TPSA) is 20.3 Å². The van der Waals surface area contributed by atoms with Crippen LogP contribution < -0.4 is 0 Å². The van der Waals surface area contributed by atoms with E-state index in [1.54, 1.807) is 0 Å². The van der Waals surface area contributed by atoms with Gasteiger partial charge in [0.1, 0.15) is 0 Å². The standard InChI is InChI=1S/C20H41NO/c1-4-6-8-10-12-13-14-16-18-20(22)21(3)19-17-15-11-9-7-5-2/h4-19H2,1-3H3. The molecule has 0 aromatic carbocycles. The molecule has 0 bridgehead atoms. The summed E-state index contributed by atoms with van der Waals surface area (Å²) >= 11 is 0. The number of nitrogens with zero attached hydrogens (tertiary/aromatic N) is 1. The Bertz CT molecular complexity index is 240. The van der Waals surface area contributed by atoms with Gasteiger partial charge in [-0.25, -0.2) is 0 Å². The molecule has 0 aromatic heterocycles. The summed E-state index contributed by atoms with van der Waals surface area (Å²) in [5, 5.41) is 0. The van der Waals surface area contributed by atoms with E-state index in [-0.39, 0.29) is 0 Å². The van der Waals surface area contributed by atoms with E-state index in [0.717, 1.165) is 19.4 Å². The molecule has 0 atom stereocenters. The van der Waals surface area contributed by atoms with Gasteiger partial charge in [0.2, 0.25) is 5.91 Å². The Morgan fingerprint density at radius 3 is 1.55 bits per heavy atom. The minimum atomic E-state index is 0.347. The lowest BCUT2D eigenvalue weighted by atomic mass is 10.1. The first-order valence-electron chi connectivity index (χ1n) is 9.96. The van der Waals surface area contributed by atoms with Crippen molar-refractivity contribution in [3.8, 4) is 0 Å². The fourth-order valence-electron chi connectivity index (χ4n) is 2.85. The molecule has 0 rings (SSSR count). The summed E-state index contributed by atoms with van der Waals surface area (Å²) < 4.78 is 0. The molecule has 0 aliphatic carbocycles. The Morgan fingerprint density at radius 1 is 0.636 bits per heavy atom. The van der Waals surface area contributed by atoms with Gasteiger partial charge in [0, 0.05) is 20.0 Å². The third-order valence-corrected chi connectivity index (χ3v) is 4.52. The van der Waals surface area contributed by atoms with Crippen molar-refractivity contribution in [3.63, 3.8) is 0 Å². The van der Waals surface area contributed by atoms with Gasteiger partial charge >= 0.3 is 0 Å². The minimum Gasteiger partial charge on any atom is -0.346 e. The number of hydrogen-bond acceptors (Lipinski definition) is 1. The van der Waals surface area contributed by atoms with Gasteiger partial charge in [-0.2, -0.15) is 0 Å². The average molecular weight is 312 g/mol. The van der Waals surface area contributed by atoms with E-state index in [0.29, 0.717) is 5.91 Å². The molecule has 0 fully saturated rings. The number of amides is 1. The monoisotopic (exact) mass is 311 g/mol. The van der Waals surface area contributed by atoms with Gasteiger partial charge in [-0.15, -0.1) is 0 Å². The highest BCUT2D eigenvalue weighted by Gasteiger charge is 2.07. The normalized spacial score (nSPS) is 10.9. The van der Waals surface area contributed by atoms with Crippen LogP contribution in [0.5, 0.6) is 0 Å². The van der Waals surface area contributed by atoms with Gasteiger partial charge in [0.05, 0.1) is 0 Å². The molecule has 132 valence electrons. The van der Waals surface area contributed by atoms with Crippen molar-refractivity contribution < 1.29 is 4.79 Å². The molecular formula is C20H41NO. The van der Waals surface area contributed by atoms with Gasteiger partial charge in [-0.05, 0) is 12.8 Å². The zero-order chi connectivity index (χ0) is 16.5. The van der Waals surface area contributed by atoms with Crippen LogP contribution >= 0.6 is 0 Å². The van der Waals surface area contributed by atoms with Gasteiger partial charge < -0.3 is 4.90 Å². The largest absolute Gasteiger partial charge is 0.346 e. The van der Waals surface area contributed by atoms with E-state index in [4.69, 9.17) is 0 Å². The van der Waals surface area contributed by atoms with Crippen LogP contribution in [0.15, 0.2) is 0 Å². The van der Waals surface area contributed by atoms with E-state index < -0.39 is 0 Å². The maximum atomic E-state index is 12.0. The summed E-state index contributed by atoms with van der Waals surface area (Å²) in [5.41, 5.74) is 0. The Hall–Kier alpha value is -0.530. The van der Waals surface area contributed by atoms with E-state index >= 15 is 0 Å². The number of rotatable bonds is 16. The Balaban J connectivity index is 3.35. The summed E-state index contributed by atoms with van der Waals surface area (Å²) in [5.74, 6) is 0.347. The first-order chi connectivity index (χ1) is 10.7. The van der Waals surface area contributed by atoms with Crippen LogP contribution in [0.4, 0.5) is 0 Å². The van der Waals surface area contributed by atoms with Crippen molar-refractivity contribution in [3.05, 3.63) is 0 Å². The molecule has 0 aliphatic heterocycles. The summed E-state index contributed by atoms with van der Waals surface area (Å²) in [6.45, 7) is 5.45. The highest BCUT2D eigenvalue weighted by molar-refractivity contribution is 5.75. The van der Waals surface area contributed by atoms with Crippen LogP contribution in [0.1, 0.15) is 110 Å². The minimum absolute atomic E-state index is 0.347. The predicted octanol–water partition coefficient (Wildman–Crippen LogP) is 6.34. The highest BCUT2D eigenvalue weighted by Crippen LogP contribution is 2.11. The van der Waals surface area contributed by atoms with Crippen molar-refractivity contribution in [2.75, 3.05) is 13.6 Å². The maximum absolute atomic E-state index is 12.0. The second kappa shape index (κ2) is 16.8. The number of carbonyl (C=O) groups excluding carboxylic acids is 1. The Morgan fingerprint density at radius 2 is 1.05 bits per heavy atom. The van der Waals surface area contributed by atoms with Crippen LogP contribution in [0.2, 0.25) is 0 Å². The van der Waals surface area contributed by atoms with Crippen LogP contribution in [-0.4, -0.2) is 24.4 Å². The van der Waals surface area contributed by atoms with Crippen LogP contribution in [0, 0.1) is 0 Å². The van der Waals surface area contributed by atoms with Crippen LogP contribution in [-0.2, 0) is 4.79 Å². The van der Waals surface area contributed by atoms with Crippen molar-refractivity contribution in [2.24, 2.45) is 0 Å². The zero-order valence-corrected chi connectivity index (χ0v) is 15.7. The van der Waals surface area contributed by atoms with E-state index in [2.05, 4.69) is 13.8 Å². The van der Waals surface area contributed by atoms with Gasteiger partial charge in [0.25, 0.3) is 0 Å². The quantitative estimate of drug-likeness (QED) is 0.305. The molecule has 0 aromatic rings. The SMILES string of the molecule is CCCCCCCCCCC(=O)N(C)CCCCCCCC. The number of hydrogen-bond donors (Lipinski definition) is 0. The average Bonchev–Trinajstić information content (AvgIpc) is 2.52. The molecule has 0 N–H and O–H groups in total. The Labute approximate surface area is 140 Å². The fraction of sp³-hybridized carbons (Fsp3) is 0.950. The number of unbranched alkanes of at least 4 members (excludes halogenated alkanes) is 12. The van der Waals surface area contributed by atoms with Gasteiger partial charge in [-0.3, -0.25) is 4.79 Å². The predicted molar refractivity (Wildman–Crippen MR) is 98.2 cm³/mol. The van der Waals surface area contributed by atoms with E-state index in [9.17, 15) is 4.79 Å². The molecule has 0 saturated heterocycles. The second-order valence-corrected chi connectivity index (χ2v) is 6.81.